The molecule has 7 nitrogen and oxygen atoms in total. The summed E-state index contributed by atoms with van der Waals surface area (Å²) in [5.41, 5.74) is 3.23. The molecule has 1 aromatic heterocycles. The molecule has 3 aromatic rings. The van der Waals surface area contributed by atoms with Crippen LogP contribution in [0.2, 0.25) is 0 Å². The first-order valence-corrected chi connectivity index (χ1v) is 11.1. The van der Waals surface area contributed by atoms with E-state index in [0.29, 0.717) is 45.6 Å². The normalized spacial score (nSPS) is 14.2. The standard InChI is InChI=1S/C25H29N5O2/c31-24(26-15-20-7-3-1-4-8-20)23-11-13-29(14-12-23)25(32)27-16-22-17-28-30(19-22)18-21-9-5-2-6-10-21/h1-10,17,19,23H,11-16,18H2,(H,26,31)(H,27,32). The Labute approximate surface area is 188 Å². The molecule has 32 heavy (non-hydrogen) atoms. The number of hydrogen-bond acceptors (Lipinski definition) is 3. The van der Waals surface area contributed by atoms with Gasteiger partial charge in [0.2, 0.25) is 5.91 Å². The van der Waals surface area contributed by atoms with Gasteiger partial charge in [0, 0.05) is 43.9 Å². The number of carbonyl (C=O) groups excluding carboxylic acids is 2. The zero-order chi connectivity index (χ0) is 22.2. The average molecular weight is 432 g/mol. The zero-order valence-electron chi connectivity index (χ0n) is 18.1. The van der Waals surface area contributed by atoms with E-state index in [2.05, 4.69) is 27.9 Å². The number of hydrogen-bond donors (Lipinski definition) is 2. The van der Waals surface area contributed by atoms with Crippen LogP contribution < -0.4 is 10.6 Å². The van der Waals surface area contributed by atoms with Gasteiger partial charge in [0.1, 0.15) is 0 Å². The Balaban J connectivity index is 1.17. The third-order valence-electron chi connectivity index (χ3n) is 5.78. The highest BCUT2D eigenvalue weighted by Crippen LogP contribution is 2.18. The number of amides is 3. The summed E-state index contributed by atoms with van der Waals surface area (Å²) in [5, 5.41) is 10.4. The first-order chi connectivity index (χ1) is 15.7. The highest BCUT2D eigenvalue weighted by molar-refractivity contribution is 5.79. The van der Waals surface area contributed by atoms with E-state index in [-0.39, 0.29) is 17.9 Å². The van der Waals surface area contributed by atoms with Gasteiger partial charge < -0.3 is 15.5 Å². The summed E-state index contributed by atoms with van der Waals surface area (Å²) in [6.07, 6.45) is 5.11. The van der Waals surface area contributed by atoms with E-state index in [1.165, 1.54) is 5.56 Å². The van der Waals surface area contributed by atoms with Gasteiger partial charge in [0.25, 0.3) is 0 Å². The molecule has 0 atom stereocenters. The Hall–Kier alpha value is -3.61. The topological polar surface area (TPSA) is 79.3 Å². The molecule has 1 fully saturated rings. The van der Waals surface area contributed by atoms with E-state index >= 15 is 0 Å². The van der Waals surface area contributed by atoms with Crippen LogP contribution in [0.5, 0.6) is 0 Å². The molecule has 0 unspecified atom stereocenters. The predicted octanol–water partition coefficient (Wildman–Crippen LogP) is 3.17. The maximum Gasteiger partial charge on any atom is 0.317 e. The fraction of sp³-hybridized carbons (Fsp3) is 0.320. The number of likely N-dealkylation sites (tertiary alicyclic amines) is 1. The highest BCUT2D eigenvalue weighted by atomic mass is 16.2. The molecule has 1 aliphatic rings. The van der Waals surface area contributed by atoms with Crippen LogP contribution >= 0.6 is 0 Å². The summed E-state index contributed by atoms with van der Waals surface area (Å²) in [6, 6.07) is 19.9. The lowest BCUT2D eigenvalue weighted by molar-refractivity contribution is -0.126. The summed E-state index contributed by atoms with van der Waals surface area (Å²) in [6.45, 7) is 2.85. The molecule has 4 rings (SSSR count). The second-order valence-corrected chi connectivity index (χ2v) is 8.16. The second kappa shape index (κ2) is 10.6. The van der Waals surface area contributed by atoms with E-state index in [0.717, 1.165) is 11.1 Å². The highest BCUT2D eigenvalue weighted by Gasteiger charge is 2.27. The Kier molecular flexibility index (Phi) is 7.17. The number of nitrogens with one attached hydrogen (secondary N) is 2. The predicted molar refractivity (Wildman–Crippen MR) is 123 cm³/mol. The van der Waals surface area contributed by atoms with Gasteiger partial charge in [0.15, 0.2) is 0 Å². The largest absolute Gasteiger partial charge is 0.352 e. The molecule has 2 heterocycles. The van der Waals surface area contributed by atoms with Crippen molar-refractivity contribution in [3.63, 3.8) is 0 Å². The minimum atomic E-state index is -0.0936. The van der Waals surface area contributed by atoms with Crippen LogP contribution in [0.3, 0.4) is 0 Å². The van der Waals surface area contributed by atoms with Gasteiger partial charge in [-0.2, -0.15) is 5.10 Å². The van der Waals surface area contributed by atoms with Gasteiger partial charge in [-0.3, -0.25) is 9.48 Å². The molecule has 0 radical (unpaired) electrons. The van der Waals surface area contributed by atoms with Crippen LogP contribution in [-0.4, -0.2) is 39.7 Å². The number of aromatic nitrogens is 2. The Morgan fingerprint density at radius 1 is 0.844 bits per heavy atom. The van der Waals surface area contributed by atoms with Crippen molar-refractivity contribution in [2.24, 2.45) is 5.92 Å². The molecule has 2 N–H and O–H groups in total. The summed E-state index contributed by atoms with van der Waals surface area (Å²) in [7, 11) is 0. The van der Waals surface area contributed by atoms with Crippen LogP contribution in [0.1, 0.15) is 29.5 Å². The lowest BCUT2D eigenvalue weighted by Gasteiger charge is -2.31. The van der Waals surface area contributed by atoms with Gasteiger partial charge in [-0.1, -0.05) is 60.7 Å². The number of rotatable bonds is 7. The molecular weight excluding hydrogens is 402 g/mol. The summed E-state index contributed by atoms with van der Waals surface area (Å²) in [5.74, 6) is 0.0266. The summed E-state index contributed by atoms with van der Waals surface area (Å²) < 4.78 is 1.87. The third kappa shape index (κ3) is 5.97. The van der Waals surface area contributed by atoms with Crippen molar-refractivity contribution in [2.75, 3.05) is 13.1 Å². The SMILES string of the molecule is O=C(NCc1ccccc1)C1CCN(C(=O)NCc2cnn(Cc3ccccc3)c2)CC1. The molecule has 0 saturated carbocycles. The quantitative estimate of drug-likeness (QED) is 0.603. The smallest absolute Gasteiger partial charge is 0.317 e. The van der Waals surface area contributed by atoms with Crippen molar-refractivity contribution in [3.05, 3.63) is 89.7 Å². The van der Waals surface area contributed by atoms with Gasteiger partial charge in [-0.15, -0.1) is 0 Å². The molecule has 7 heteroatoms. The second-order valence-electron chi connectivity index (χ2n) is 8.16. The van der Waals surface area contributed by atoms with Crippen molar-refractivity contribution in [1.82, 2.24) is 25.3 Å². The van der Waals surface area contributed by atoms with Crippen LogP contribution in [0.25, 0.3) is 0 Å². The lowest BCUT2D eigenvalue weighted by Crippen LogP contribution is -2.46. The molecular formula is C25H29N5O2. The van der Waals surface area contributed by atoms with Gasteiger partial charge >= 0.3 is 6.03 Å². The molecule has 1 saturated heterocycles. The fourth-order valence-corrected chi connectivity index (χ4v) is 3.92. The zero-order valence-corrected chi connectivity index (χ0v) is 18.1. The van der Waals surface area contributed by atoms with E-state index in [1.807, 2.05) is 59.4 Å². The first kappa shape index (κ1) is 21.6. The molecule has 3 amide bonds. The molecule has 0 spiro atoms. The first-order valence-electron chi connectivity index (χ1n) is 11.1. The Morgan fingerprint density at radius 2 is 1.47 bits per heavy atom. The van der Waals surface area contributed by atoms with Crippen molar-refractivity contribution in [2.45, 2.75) is 32.5 Å². The van der Waals surface area contributed by atoms with Crippen molar-refractivity contribution >= 4 is 11.9 Å². The number of urea groups is 1. The van der Waals surface area contributed by atoms with E-state index < -0.39 is 0 Å². The fourth-order valence-electron chi connectivity index (χ4n) is 3.92. The molecule has 0 aliphatic carbocycles. The van der Waals surface area contributed by atoms with Crippen molar-refractivity contribution in [1.29, 1.82) is 0 Å². The van der Waals surface area contributed by atoms with Crippen molar-refractivity contribution in [3.8, 4) is 0 Å². The van der Waals surface area contributed by atoms with Crippen LogP contribution in [0.15, 0.2) is 73.1 Å². The molecule has 2 aromatic carbocycles. The molecule has 166 valence electrons. The van der Waals surface area contributed by atoms with Crippen LogP contribution in [-0.2, 0) is 24.4 Å². The van der Waals surface area contributed by atoms with Gasteiger partial charge in [-0.25, -0.2) is 4.79 Å². The van der Waals surface area contributed by atoms with Crippen LogP contribution in [0, 0.1) is 5.92 Å². The number of benzene rings is 2. The van der Waals surface area contributed by atoms with E-state index in [9.17, 15) is 9.59 Å². The maximum atomic E-state index is 12.5. The number of carbonyl (C=O) groups is 2. The summed E-state index contributed by atoms with van der Waals surface area (Å²) in [4.78, 5) is 26.8. The maximum absolute atomic E-state index is 12.5. The molecule has 0 bridgehead atoms. The Bertz CT molecular complexity index is 1010. The van der Waals surface area contributed by atoms with E-state index in [1.54, 1.807) is 11.1 Å². The van der Waals surface area contributed by atoms with Gasteiger partial charge in [0.05, 0.1) is 12.7 Å². The summed E-state index contributed by atoms with van der Waals surface area (Å²) >= 11 is 0. The van der Waals surface area contributed by atoms with Crippen LogP contribution in [0.4, 0.5) is 4.79 Å². The number of piperidine rings is 1. The van der Waals surface area contributed by atoms with Gasteiger partial charge in [-0.05, 0) is 24.0 Å². The molecule has 1 aliphatic heterocycles. The minimum Gasteiger partial charge on any atom is -0.352 e. The average Bonchev–Trinajstić information content (AvgIpc) is 3.29. The Morgan fingerprint density at radius 3 is 2.16 bits per heavy atom. The monoisotopic (exact) mass is 431 g/mol. The number of nitrogens with zero attached hydrogens (tertiary/aromatic N) is 3. The van der Waals surface area contributed by atoms with E-state index in [4.69, 9.17) is 0 Å². The third-order valence-corrected chi connectivity index (χ3v) is 5.78. The minimum absolute atomic E-state index is 0.0426. The lowest BCUT2D eigenvalue weighted by atomic mass is 9.96. The van der Waals surface area contributed by atoms with Crippen molar-refractivity contribution < 1.29 is 9.59 Å².